The molecule has 2 aromatic carbocycles. The third kappa shape index (κ3) is 3.97. The van der Waals surface area contributed by atoms with E-state index in [1.807, 2.05) is 51.1 Å². The predicted molar refractivity (Wildman–Crippen MR) is 125 cm³/mol. The Bertz CT molecular complexity index is 1260. The Morgan fingerprint density at radius 2 is 1.84 bits per heavy atom. The molecule has 1 aromatic heterocycles. The van der Waals surface area contributed by atoms with Crippen LogP contribution in [-0.4, -0.2) is 25.9 Å². The van der Waals surface area contributed by atoms with Crippen molar-refractivity contribution >= 4 is 38.1 Å². The second-order valence-electron chi connectivity index (χ2n) is 7.86. The molecule has 1 aliphatic heterocycles. The molecule has 31 heavy (non-hydrogen) atoms. The van der Waals surface area contributed by atoms with Gasteiger partial charge in [-0.1, -0.05) is 35.6 Å². The number of amides is 1. The zero-order valence-corrected chi connectivity index (χ0v) is 19.7. The fraction of sp³-hybridized carbons (Fsp3) is 0.304. The molecule has 1 amide bonds. The van der Waals surface area contributed by atoms with Crippen molar-refractivity contribution < 1.29 is 13.2 Å². The largest absolute Gasteiger partial charge is 0.302 e. The summed E-state index contributed by atoms with van der Waals surface area (Å²) in [5.41, 5.74) is 5.08. The van der Waals surface area contributed by atoms with Crippen LogP contribution in [0.25, 0.3) is 10.4 Å². The van der Waals surface area contributed by atoms with Crippen LogP contribution >= 0.6 is 11.3 Å². The van der Waals surface area contributed by atoms with Crippen molar-refractivity contribution in [3.05, 3.63) is 58.8 Å². The quantitative estimate of drug-likeness (QED) is 0.611. The molecule has 4 rings (SSSR count). The van der Waals surface area contributed by atoms with Crippen LogP contribution in [0.1, 0.15) is 35.7 Å². The molecule has 0 saturated carbocycles. The molecule has 162 valence electrons. The van der Waals surface area contributed by atoms with Crippen LogP contribution in [0.3, 0.4) is 0 Å². The van der Waals surface area contributed by atoms with Gasteiger partial charge in [-0.25, -0.2) is 13.4 Å². The zero-order valence-electron chi connectivity index (χ0n) is 18.0. The minimum atomic E-state index is -3.66. The summed E-state index contributed by atoms with van der Waals surface area (Å²) < 4.78 is 28.7. The molecule has 0 fully saturated rings. The molecule has 1 N–H and O–H groups in total. The summed E-state index contributed by atoms with van der Waals surface area (Å²) in [5, 5.41) is 3.30. The summed E-state index contributed by atoms with van der Waals surface area (Å²) >= 11 is 1.42. The third-order valence-electron chi connectivity index (χ3n) is 5.45. The SMILES string of the molecule is CC(=O)Nc1nc(C)c(-c2ccc3c(c2)CCCN3S(=O)(=O)c2c(C)cccc2C)s1. The highest BCUT2D eigenvalue weighted by Crippen LogP contribution is 2.39. The minimum absolute atomic E-state index is 0.155. The van der Waals surface area contributed by atoms with Gasteiger partial charge in [-0.05, 0) is 68.0 Å². The zero-order chi connectivity index (χ0) is 22.3. The van der Waals surface area contributed by atoms with Gasteiger partial charge in [-0.2, -0.15) is 0 Å². The van der Waals surface area contributed by atoms with Crippen molar-refractivity contribution in [3.8, 4) is 10.4 Å². The lowest BCUT2D eigenvalue weighted by atomic mass is 10.00. The maximum atomic E-state index is 13.6. The first-order chi connectivity index (χ1) is 14.7. The Hall–Kier alpha value is -2.71. The van der Waals surface area contributed by atoms with Crippen LogP contribution in [0.2, 0.25) is 0 Å². The predicted octanol–water partition coefficient (Wildman–Crippen LogP) is 4.84. The summed E-state index contributed by atoms with van der Waals surface area (Å²) in [4.78, 5) is 17.1. The third-order valence-corrected chi connectivity index (χ3v) is 8.70. The number of carbonyl (C=O) groups excluding carboxylic acids is 1. The van der Waals surface area contributed by atoms with Crippen molar-refractivity contribution in [1.82, 2.24) is 4.98 Å². The summed E-state index contributed by atoms with van der Waals surface area (Å²) in [7, 11) is -3.66. The summed E-state index contributed by atoms with van der Waals surface area (Å²) in [6.45, 7) is 7.52. The van der Waals surface area contributed by atoms with Gasteiger partial charge >= 0.3 is 0 Å². The molecule has 0 atom stereocenters. The minimum Gasteiger partial charge on any atom is -0.302 e. The standard InChI is InChI=1S/C23H25N3O3S2/c1-14-7-5-8-15(2)22(14)31(28,29)26-12-6-9-18-13-19(10-11-20(18)26)21-16(3)24-23(30-21)25-17(4)27/h5,7-8,10-11,13H,6,9,12H2,1-4H3,(H,24,25,27). The number of nitrogens with one attached hydrogen (secondary N) is 1. The van der Waals surface area contributed by atoms with Crippen LogP contribution in [0.15, 0.2) is 41.3 Å². The second-order valence-corrected chi connectivity index (χ2v) is 10.7. The molecule has 0 unspecified atom stereocenters. The van der Waals surface area contributed by atoms with E-state index in [2.05, 4.69) is 16.4 Å². The number of fused-ring (bicyclic) bond motifs is 1. The van der Waals surface area contributed by atoms with Crippen LogP contribution in [0.4, 0.5) is 10.8 Å². The van der Waals surface area contributed by atoms with Crippen LogP contribution in [-0.2, 0) is 21.2 Å². The van der Waals surface area contributed by atoms with Crippen molar-refractivity contribution in [2.45, 2.75) is 45.4 Å². The fourth-order valence-electron chi connectivity index (χ4n) is 4.14. The molecule has 3 aromatic rings. The molecule has 1 aliphatic rings. The average Bonchev–Trinajstić information content (AvgIpc) is 3.06. The lowest BCUT2D eigenvalue weighted by Gasteiger charge is -2.31. The normalized spacial score (nSPS) is 13.7. The van der Waals surface area contributed by atoms with Crippen molar-refractivity contribution in [3.63, 3.8) is 0 Å². The number of aryl methyl sites for hydroxylation is 4. The van der Waals surface area contributed by atoms with E-state index in [1.54, 1.807) is 4.31 Å². The number of hydrogen-bond donors (Lipinski definition) is 1. The van der Waals surface area contributed by atoms with Gasteiger partial charge in [0.15, 0.2) is 5.13 Å². The first kappa shape index (κ1) is 21.5. The molecule has 8 heteroatoms. The maximum Gasteiger partial charge on any atom is 0.264 e. The topological polar surface area (TPSA) is 79.4 Å². The number of thiazole rings is 1. The first-order valence-corrected chi connectivity index (χ1v) is 12.4. The van der Waals surface area contributed by atoms with Gasteiger partial charge in [0.2, 0.25) is 5.91 Å². The number of anilines is 2. The van der Waals surface area contributed by atoms with E-state index in [0.717, 1.165) is 51.4 Å². The van der Waals surface area contributed by atoms with E-state index < -0.39 is 10.0 Å². The van der Waals surface area contributed by atoms with Crippen LogP contribution in [0.5, 0.6) is 0 Å². The molecule has 6 nitrogen and oxygen atoms in total. The van der Waals surface area contributed by atoms with Gasteiger partial charge in [0.05, 0.1) is 21.2 Å². The highest BCUT2D eigenvalue weighted by atomic mass is 32.2. The van der Waals surface area contributed by atoms with Crippen molar-refractivity contribution in [1.29, 1.82) is 0 Å². The van der Waals surface area contributed by atoms with E-state index in [9.17, 15) is 13.2 Å². The fourth-order valence-corrected chi connectivity index (χ4v) is 7.12. The first-order valence-electron chi connectivity index (χ1n) is 10.2. The van der Waals surface area contributed by atoms with Crippen LogP contribution < -0.4 is 9.62 Å². The molecule has 0 aliphatic carbocycles. The Morgan fingerprint density at radius 3 is 2.52 bits per heavy atom. The van der Waals surface area contributed by atoms with E-state index in [-0.39, 0.29) is 5.91 Å². The van der Waals surface area contributed by atoms with Crippen molar-refractivity contribution in [2.24, 2.45) is 0 Å². The number of sulfonamides is 1. The summed E-state index contributed by atoms with van der Waals surface area (Å²) in [5.74, 6) is -0.155. The highest BCUT2D eigenvalue weighted by Gasteiger charge is 2.31. The number of hydrogen-bond acceptors (Lipinski definition) is 5. The molecule has 0 saturated heterocycles. The number of rotatable bonds is 4. The molecule has 0 spiro atoms. The average molecular weight is 456 g/mol. The van der Waals surface area contributed by atoms with Gasteiger partial charge in [-0.3, -0.25) is 9.10 Å². The Labute approximate surface area is 187 Å². The Morgan fingerprint density at radius 1 is 1.13 bits per heavy atom. The molecule has 0 bridgehead atoms. The number of carbonyl (C=O) groups is 1. The maximum absolute atomic E-state index is 13.6. The molecular weight excluding hydrogens is 430 g/mol. The molecule has 0 radical (unpaired) electrons. The van der Waals surface area contributed by atoms with Gasteiger partial charge in [0.1, 0.15) is 0 Å². The molecular formula is C23H25N3O3S2. The number of nitrogens with zero attached hydrogens (tertiary/aromatic N) is 2. The lowest BCUT2D eigenvalue weighted by Crippen LogP contribution is -2.36. The van der Waals surface area contributed by atoms with E-state index in [4.69, 9.17) is 0 Å². The molecule has 2 heterocycles. The van der Waals surface area contributed by atoms with Crippen molar-refractivity contribution in [2.75, 3.05) is 16.2 Å². The Kier molecular flexibility index (Phi) is 5.61. The monoisotopic (exact) mass is 455 g/mol. The highest BCUT2D eigenvalue weighted by molar-refractivity contribution is 7.93. The van der Waals surface area contributed by atoms with Gasteiger partial charge in [0, 0.05) is 13.5 Å². The van der Waals surface area contributed by atoms with Gasteiger partial charge < -0.3 is 5.32 Å². The Balaban J connectivity index is 1.75. The van der Waals surface area contributed by atoms with E-state index >= 15 is 0 Å². The van der Waals surface area contributed by atoms with Crippen LogP contribution in [0, 0.1) is 20.8 Å². The van der Waals surface area contributed by atoms with Gasteiger partial charge in [0.25, 0.3) is 10.0 Å². The smallest absolute Gasteiger partial charge is 0.264 e. The summed E-state index contributed by atoms with van der Waals surface area (Å²) in [6, 6.07) is 11.5. The van der Waals surface area contributed by atoms with Gasteiger partial charge in [-0.15, -0.1) is 0 Å². The number of benzene rings is 2. The lowest BCUT2D eigenvalue weighted by molar-refractivity contribution is -0.114. The number of aromatic nitrogens is 1. The van der Waals surface area contributed by atoms with E-state index in [0.29, 0.717) is 16.6 Å². The second kappa shape index (κ2) is 8.09. The van der Waals surface area contributed by atoms with E-state index in [1.165, 1.54) is 18.3 Å². The summed E-state index contributed by atoms with van der Waals surface area (Å²) in [6.07, 6.45) is 1.58.